The van der Waals surface area contributed by atoms with Crippen molar-refractivity contribution in [3.05, 3.63) is 77.6 Å². The predicted molar refractivity (Wildman–Crippen MR) is 110 cm³/mol. The lowest BCUT2D eigenvalue weighted by molar-refractivity contribution is 0.102. The number of rotatable bonds is 6. The third kappa shape index (κ3) is 4.70. The zero-order chi connectivity index (χ0) is 19.2. The SMILES string of the molecule is CCc1ccccc1NC(=O)c1cnc(Nc2ccc(C(C)C)cc2)nc1. The van der Waals surface area contributed by atoms with E-state index in [-0.39, 0.29) is 5.91 Å². The summed E-state index contributed by atoms with van der Waals surface area (Å²) in [6, 6.07) is 15.9. The maximum absolute atomic E-state index is 12.4. The van der Waals surface area contributed by atoms with E-state index in [0.717, 1.165) is 23.4 Å². The Bertz CT molecular complexity index is 902. The van der Waals surface area contributed by atoms with Gasteiger partial charge in [-0.3, -0.25) is 4.79 Å². The van der Waals surface area contributed by atoms with E-state index in [2.05, 4.69) is 53.5 Å². The number of hydrogen-bond donors (Lipinski definition) is 2. The van der Waals surface area contributed by atoms with E-state index in [9.17, 15) is 4.79 Å². The molecule has 0 aliphatic rings. The van der Waals surface area contributed by atoms with Crippen molar-refractivity contribution < 1.29 is 4.79 Å². The average molecular weight is 360 g/mol. The zero-order valence-corrected chi connectivity index (χ0v) is 15.9. The Morgan fingerprint density at radius 2 is 1.67 bits per heavy atom. The summed E-state index contributed by atoms with van der Waals surface area (Å²) in [6.07, 6.45) is 3.91. The normalized spacial score (nSPS) is 10.7. The molecule has 0 atom stereocenters. The molecule has 2 aromatic carbocycles. The Hall–Kier alpha value is -3.21. The molecule has 5 nitrogen and oxygen atoms in total. The average Bonchev–Trinajstić information content (AvgIpc) is 2.69. The summed E-state index contributed by atoms with van der Waals surface area (Å²) < 4.78 is 0. The first kappa shape index (κ1) is 18.6. The van der Waals surface area contributed by atoms with Crippen LogP contribution in [0.15, 0.2) is 60.9 Å². The molecule has 0 unspecified atom stereocenters. The second kappa shape index (κ2) is 8.45. The minimum atomic E-state index is -0.219. The van der Waals surface area contributed by atoms with Crippen LogP contribution in [0.3, 0.4) is 0 Å². The van der Waals surface area contributed by atoms with Crippen LogP contribution >= 0.6 is 0 Å². The van der Waals surface area contributed by atoms with Gasteiger partial charge in [0.1, 0.15) is 0 Å². The van der Waals surface area contributed by atoms with Crippen LogP contribution in [0.4, 0.5) is 17.3 Å². The Morgan fingerprint density at radius 1 is 1.00 bits per heavy atom. The Labute approximate surface area is 159 Å². The van der Waals surface area contributed by atoms with Crippen molar-refractivity contribution in [2.45, 2.75) is 33.1 Å². The first-order chi connectivity index (χ1) is 13.1. The number of benzene rings is 2. The van der Waals surface area contributed by atoms with Crippen molar-refractivity contribution in [3.8, 4) is 0 Å². The van der Waals surface area contributed by atoms with Gasteiger partial charge in [0.2, 0.25) is 5.95 Å². The van der Waals surface area contributed by atoms with Gasteiger partial charge in [-0.05, 0) is 41.7 Å². The van der Waals surface area contributed by atoms with Crippen molar-refractivity contribution in [1.29, 1.82) is 0 Å². The number of nitrogens with zero attached hydrogens (tertiary/aromatic N) is 2. The predicted octanol–water partition coefficient (Wildman–Crippen LogP) is 5.16. The number of nitrogens with one attached hydrogen (secondary N) is 2. The lowest BCUT2D eigenvalue weighted by atomic mass is 10.0. The summed E-state index contributed by atoms with van der Waals surface area (Å²) in [7, 11) is 0. The number of aromatic nitrogens is 2. The summed E-state index contributed by atoms with van der Waals surface area (Å²) >= 11 is 0. The number of carbonyl (C=O) groups is 1. The molecule has 3 aromatic rings. The number of aryl methyl sites for hydroxylation is 1. The van der Waals surface area contributed by atoms with Crippen LogP contribution in [0.1, 0.15) is 48.2 Å². The Morgan fingerprint density at radius 3 is 2.30 bits per heavy atom. The van der Waals surface area contributed by atoms with Crippen molar-refractivity contribution in [1.82, 2.24) is 9.97 Å². The molecular weight excluding hydrogens is 336 g/mol. The summed E-state index contributed by atoms with van der Waals surface area (Å²) in [5.41, 5.74) is 4.52. The van der Waals surface area contributed by atoms with E-state index in [1.807, 2.05) is 36.4 Å². The lowest BCUT2D eigenvalue weighted by Gasteiger charge is -2.10. The van der Waals surface area contributed by atoms with E-state index in [4.69, 9.17) is 0 Å². The second-order valence-corrected chi connectivity index (χ2v) is 6.66. The molecule has 0 aliphatic carbocycles. The maximum Gasteiger partial charge on any atom is 0.258 e. The molecule has 0 aliphatic heterocycles. The zero-order valence-electron chi connectivity index (χ0n) is 15.9. The molecule has 1 aromatic heterocycles. The molecule has 0 fully saturated rings. The molecule has 0 bridgehead atoms. The van der Waals surface area contributed by atoms with Gasteiger partial charge in [0, 0.05) is 23.8 Å². The van der Waals surface area contributed by atoms with E-state index in [1.54, 1.807) is 0 Å². The highest BCUT2D eigenvalue weighted by atomic mass is 16.1. The van der Waals surface area contributed by atoms with E-state index in [0.29, 0.717) is 17.4 Å². The molecule has 2 N–H and O–H groups in total. The molecule has 5 heteroatoms. The van der Waals surface area contributed by atoms with Gasteiger partial charge in [-0.25, -0.2) is 9.97 Å². The second-order valence-electron chi connectivity index (χ2n) is 6.66. The van der Waals surface area contributed by atoms with E-state index >= 15 is 0 Å². The number of amides is 1. The fraction of sp³-hybridized carbons (Fsp3) is 0.227. The topological polar surface area (TPSA) is 66.9 Å². The number of para-hydroxylation sites is 1. The van der Waals surface area contributed by atoms with Crippen LogP contribution < -0.4 is 10.6 Å². The van der Waals surface area contributed by atoms with Gasteiger partial charge in [0.25, 0.3) is 5.91 Å². The summed E-state index contributed by atoms with van der Waals surface area (Å²) in [5.74, 6) is 0.729. The van der Waals surface area contributed by atoms with Crippen LogP contribution in [0.5, 0.6) is 0 Å². The lowest BCUT2D eigenvalue weighted by Crippen LogP contribution is -2.14. The van der Waals surface area contributed by atoms with Crippen LogP contribution in [0.25, 0.3) is 0 Å². The van der Waals surface area contributed by atoms with Crippen LogP contribution in [-0.2, 0) is 6.42 Å². The van der Waals surface area contributed by atoms with Gasteiger partial charge in [-0.2, -0.15) is 0 Å². The van der Waals surface area contributed by atoms with Gasteiger partial charge in [-0.15, -0.1) is 0 Å². The minimum Gasteiger partial charge on any atom is -0.324 e. The molecule has 0 saturated heterocycles. The molecule has 27 heavy (non-hydrogen) atoms. The molecule has 1 heterocycles. The molecule has 3 rings (SSSR count). The van der Waals surface area contributed by atoms with Gasteiger partial charge in [0.05, 0.1) is 5.56 Å². The maximum atomic E-state index is 12.4. The van der Waals surface area contributed by atoms with Gasteiger partial charge >= 0.3 is 0 Å². The Balaban J connectivity index is 1.66. The van der Waals surface area contributed by atoms with Gasteiger partial charge in [-0.1, -0.05) is 51.1 Å². The highest BCUT2D eigenvalue weighted by molar-refractivity contribution is 6.04. The smallest absolute Gasteiger partial charge is 0.258 e. The summed E-state index contributed by atoms with van der Waals surface area (Å²) in [5, 5.41) is 6.07. The summed E-state index contributed by atoms with van der Waals surface area (Å²) in [6.45, 7) is 6.38. The summed E-state index contributed by atoms with van der Waals surface area (Å²) in [4.78, 5) is 20.9. The Kier molecular flexibility index (Phi) is 5.81. The molecule has 0 radical (unpaired) electrons. The van der Waals surface area contributed by atoms with Crippen molar-refractivity contribution >= 4 is 23.2 Å². The van der Waals surface area contributed by atoms with Crippen LogP contribution in [0, 0.1) is 0 Å². The molecular formula is C22H24N4O. The van der Waals surface area contributed by atoms with Gasteiger partial charge < -0.3 is 10.6 Å². The first-order valence-electron chi connectivity index (χ1n) is 9.15. The largest absolute Gasteiger partial charge is 0.324 e. The van der Waals surface area contributed by atoms with Crippen molar-refractivity contribution in [2.24, 2.45) is 0 Å². The third-order valence-electron chi connectivity index (χ3n) is 4.39. The van der Waals surface area contributed by atoms with Crippen molar-refractivity contribution in [3.63, 3.8) is 0 Å². The number of carbonyl (C=O) groups excluding carboxylic acids is 1. The molecule has 1 amide bonds. The highest BCUT2D eigenvalue weighted by Gasteiger charge is 2.10. The minimum absolute atomic E-state index is 0.219. The number of anilines is 3. The fourth-order valence-corrected chi connectivity index (χ4v) is 2.74. The van der Waals surface area contributed by atoms with Gasteiger partial charge in [0.15, 0.2) is 0 Å². The van der Waals surface area contributed by atoms with Crippen LogP contribution in [0.2, 0.25) is 0 Å². The fourth-order valence-electron chi connectivity index (χ4n) is 2.74. The van der Waals surface area contributed by atoms with Crippen LogP contribution in [-0.4, -0.2) is 15.9 Å². The third-order valence-corrected chi connectivity index (χ3v) is 4.39. The molecule has 0 spiro atoms. The van der Waals surface area contributed by atoms with E-state index in [1.165, 1.54) is 18.0 Å². The first-order valence-corrected chi connectivity index (χ1v) is 9.15. The number of hydrogen-bond acceptors (Lipinski definition) is 4. The monoisotopic (exact) mass is 360 g/mol. The molecule has 0 saturated carbocycles. The molecule has 138 valence electrons. The standard InChI is InChI=1S/C22H24N4O/c1-4-16-7-5-6-8-20(16)26-21(27)18-13-23-22(24-14-18)25-19-11-9-17(10-12-19)15(2)3/h5-15H,4H2,1-3H3,(H,26,27)(H,23,24,25). The highest BCUT2D eigenvalue weighted by Crippen LogP contribution is 2.19. The quantitative estimate of drug-likeness (QED) is 0.637. The van der Waals surface area contributed by atoms with E-state index < -0.39 is 0 Å². The van der Waals surface area contributed by atoms with Crippen molar-refractivity contribution in [2.75, 3.05) is 10.6 Å².